The quantitative estimate of drug-likeness (QED) is 0.495. The molecule has 32 heavy (non-hydrogen) atoms. The van der Waals surface area contributed by atoms with E-state index in [0.29, 0.717) is 0 Å². The first-order valence-electron chi connectivity index (χ1n) is 9.29. The minimum absolute atomic E-state index is 0.0246. The number of hydrogen-bond donors (Lipinski definition) is 1. The number of ether oxygens (including phenoxy) is 1. The van der Waals surface area contributed by atoms with E-state index in [9.17, 15) is 22.4 Å². The molecule has 6 nitrogen and oxygen atoms in total. The van der Waals surface area contributed by atoms with Crippen molar-refractivity contribution in [3.05, 3.63) is 63.7 Å². The van der Waals surface area contributed by atoms with Gasteiger partial charge in [-0.15, -0.1) is 0 Å². The van der Waals surface area contributed by atoms with Crippen molar-refractivity contribution in [1.29, 1.82) is 5.26 Å². The molecule has 0 radical (unpaired) electrons. The highest BCUT2D eigenvalue weighted by atomic mass is 35.5. The molecular weight excluding hydrogens is 452 g/mol. The average molecular weight is 469 g/mol. The highest BCUT2D eigenvalue weighted by Gasteiger charge is 2.48. The van der Waals surface area contributed by atoms with Crippen LogP contribution in [0.2, 0.25) is 5.02 Å². The SMILES string of the molecule is N#Cc1cnc(C(=O)Cc2ccc(F)c([C@]3(CF)COC(CF)(CF)C(N)=N3)c2)c(Cl)c1. The molecule has 1 atom stereocenters. The van der Waals surface area contributed by atoms with E-state index < -0.39 is 55.2 Å². The lowest BCUT2D eigenvalue weighted by molar-refractivity contribution is -0.0644. The molecule has 2 N–H and O–H groups in total. The van der Waals surface area contributed by atoms with Crippen LogP contribution in [0, 0.1) is 17.1 Å². The van der Waals surface area contributed by atoms with Gasteiger partial charge < -0.3 is 10.5 Å². The van der Waals surface area contributed by atoms with Crippen molar-refractivity contribution in [2.75, 3.05) is 26.6 Å². The molecule has 1 aromatic carbocycles. The number of halogens is 5. The van der Waals surface area contributed by atoms with Gasteiger partial charge in [0.25, 0.3) is 0 Å². The summed E-state index contributed by atoms with van der Waals surface area (Å²) in [5.74, 6) is -2.01. The van der Waals surface area contributed by atoms with Crippen molar-refractivity contribution in [1.82, 2.24) is 4.98 Å². The van der Waals surface area contributed by atoms with Crippen molar-refractivity contribution in [3.63, 3.8) is 0 Å². The number of alkyl halides is 3. The third kappa shape index (κ3) is 4.18. The molecule has 0 saturated carbocycles. The molecule has 2 heterocycles. The summed E-state index contributed by atoms with van der Waals surface area (Å²) in [4.78, 5) is 20.4. The molecule has 0 bridgehead atoms. The van der Waals surface area contributed by atoms with Crippen molar-refractivity contribution < 1.29 is 27.1 Å². The van der Waals surface area contributed by atoms with Crippen LogP contribution in [-0.4, -0.2) is 48.8 Å². The van der Waals surface area contributed by atoms with Gasteiger partial charge in [0.2, 0.25) is 0 Å². The van der Waals surface area contributed by atoms with E-state index in [1.165, 1.54) is 24.4 Å². The Kier molecular flexibility index (Phi) is 6.81. The molecule has 0 amide bonds. The second-order valence-corrected chi connectivity index (χ2v) is 7.70. The number of pyridine rings is 1. The van der Waals surface area contributed by atoms with Crippen molar-refractivity contribution in [2.24, 2.45) is 10.7 Å². The highest BCUT2D eigenvalue weighted by molar-refractivity contribution is 6.33. The molecule has 0 spiro atoms. The van der Waals surface area contributed by atoms with Gasteiger partial charge in [-0.3, -0.25) is 14.8 Å². The number of rotatable bonds is 7. The Morgan fingerprint density at radius 1 is 1.25 bits per heavy atom. The number of Topliss-reactive ketones (excluding diaryl/α,β-unsaturated/α-hetero) is 1. The second kappa shape index (κ2) is 9.22. The number of nitriles is 1. The van der Waals surface area contributed by atoms with E-state index in [0.717, 1.165) is 6.07 Å². The summed E-state index contributed by atoms with van der Waals surface area (Å²) in [6.07, 6.45) is 0.916. The van der Waals surface area contributed by atoms with Gasteiger partial charge >= 0.3 is 0 Å². The average Bonchev–Trinajstić information content (AvgIpc) is 2.80. The van der Waals surface area contributed by atoms with E-state index >= 15 is 0 Å². The maximum absolute atomic E-state index is 14.6. The fourth-order valence-electron chi connectivity index (χ4n) is 3.24. The van der Waals surface area contributed by atoms with Crippen molar-refractivity contribution in [2.45, 2.75) is 17.6 Å². The molecule has 0 saturated heterocycles. The number of nitrogens with two attached hydrogens (primary N) is 1. The fraction of sp³-hybridized carbons (Fsp3) is 0.333. The van der Waals surface area contributed by atoms with Gasteiger partial charge in [-0.05, 0) is 23.8 Å². The number of carbonyl (C=O) groups excluding carboxylic acids is 1. The van der Waals surface area contributed by atoms with Crippen LogP contribution >= 0.6 is 11.6 Å². The molecule has 0 fully saturated rings. The summed E-state index contributed by atoms with van der Waals surface area (Å²) in [6.45, 7) is -4.57. The van der Waals surface area contributed by atoms with Crippen LogP contribution in [0.1, 0.15) is 27.2 Å². The van der Waals surface area contributed by atoms with Gasteiger partial charge in [-0.25, -0.2) is 17.6 Å². The van der Waals surface area contributed by atoms with Crippen LogP contribution in [0.15, 0.2) is 35.5 Å². The Balaban J connectivity index is 1.96. The largest absolute Gasteiger partial charge is 0.385 e. The van der Waals surface area contributed by atoms with Crippen LogP contribution in [0.4, 0.5) is 17.6 Å². The number of carbonyl (C=O) groups is 1. The zero-order valence-electron chi connectivity index (χ0n) is 16.5. The highest BCUT2D eigenvalue weighted by Crippen LogP contribution is 2.36. The zero-order chi connectivity index (χ0) is 23.5. The maximum Gasteiger partial charge on any atom is 0.187 e. The molecule has 2 aromatic rings. The minimum Gasteiger partial charge on any atom is -0.385 e. The number of amidine groups is 1. The van der Waals surface area contributed by atoms with E-state index in [1.54, 1.807) is 0 Å². The Bertz CT molecular complexity index is 1120. The monoisotopic (exact) mass is 468 g/mol. The van der Waals surface area contributed by atoms with Crippen molar-refractivity contribution in [3.8, 4) is 6.07 Å². The smallest absolute Gasteiger partial charge is 0.187 e. The maximum atomic E-state index is 14.6. The number of ketones is 1. The Morgan fingerprint density at radius 2 is 1.97 bits per heavy atom. The lowest BCUT2D eigenvalue weighted by Crippen LogP contribution is -2.58. The van der Waals surface area contributed by atoms with Gasteiger partial charge in [-0.1, -0.05) is 17.7 Å². The number of hydrogen-bond acceptors (Lipinski definition) is 6. The van der Waals surface area contributed by atoms with Gasteiger partial charge in [0.1, 0.15) is 49.0 Å². The van der Waals surface area contributed by atoms with E-state index in [2.05, 4.69) is 9.98 Å². The van der Waals surface area contributed by atoms with Crippen LogP contribution in [0.5, 0.6) is 0 Å². The third-order valence-corrected chi connectivity index (χ3v) is 5.46. The van der Waals surface area contributed by atoms with Gasteiger partial charge in [0.15, 0.2) is 11.4 Å². The van der Waals surface area contributed by atoms with E-state index in [4.69, 9.17) is 27.3 Å². The normalized spacial score (nSPS) is 19.8. The number of aliphatic imine (C=N–C) groups is 1. The molecule has 11 heteroatoms. The minimum atomic E-state index is -2.14. The molecule has 1 aliphatic rings. The lowest BCUT2D eigenvalue weighted by Gasteiger charge is -2.40. The predicted molar refractivity (Wildman–Crippen MR) is 108 cm³/mol. The lowest BCUT2D eigenvalue weighted by atomic mass is 9.87. The van der Waals surface area contributed by atoms with E-state index in [1.807, 2.05) is 6.07 Å². The van der Waals surface area contributed by atoms with Crippen LogP contribution < -0.4 is 5.73 Å². The summed E-state index contributed by atoms with van der Waals surface area (Å²) < 4.78 is 60.5. The van der Waals surface area contributed by atoms with Crippen molar-refractivity contribution >= 4 is 23.2 Å². The first-order valence-corrected chi connectivity index (χ1v) is 9.67. The van der Waals surface area contributed by atoms with Crippen LogP contribution in [-0.2, 0) is 16.7 Å². The molecule has 1 aromatic heterocycles. The van der Waals surface area contributed by atoms with E-state index in [-0.39, 0.29) is 33.8 Å². The number of aromatic nitrogens is 1. The molecular formula is C21H17ClF4N4O2. The Hall–Kier alpha value is -3.03. The van der Waals surface area contributed by atoms with Gasteiger partial charge in [0.05, 0.1) is 17.2 Å². The standard InChI is InChI=1S/C21H17ClF4N4O2/c22-15-4-13(6-27)7-29-18(15)17(31)5-12-1-2-16(26)14(3-12)20(8-23)11-32-21(9-24,10-25)19(28)30-20/h1-4,7H,5,8-11H2,(H2,28,30)/t20-/m0/s1. The molecule has 0 aliphatic carbocycles. The third-order valence-electron chi connectivity index (χ3n) is 5.17. The molecule has 3 rings (SSSR count). The summed E-state index contributed by atoms with van der Waals surface area (Å²) >= 11 is 6.01. The molecule has 1 aliphatic heterocycles. The molecule has 0 unspecified atom stereocenters. The summed E-state index contributed by atoms with van der Waals surface area (Å²) in [6, 6.07) is 6.67. The number of benzene rings is 1. The fourth-order valence-corrected chi connectivity index (χ4v) is 3.51. The molecule has 168 valence electrons. The summed E-state index contributed by atoms with van der Waals surface area (Å²) in [5.41, 5.74) is 1.65. The summed E-state index contributed by atoms with van der Waals surface area (Å²) in [5, 5.41) is 8.84. The zero-order valence-corrected chi connectivity index (χ0v) is 17.3. The topological polar surface area (TPSA) is 101 Å². The number of nitrogens with zero attached hydrogens (tertiary/aromatic N) is 3. The Morgan fingerprint density at radius 3 is 2.53 bits per heavy atom. The first-order chi connectivity index (χ1) is 15.2. The first kappa shape index (κ1) is 23.6. The van der Waals surface area contributed by atoms with Gasteiger partial charge in [-0.2, -0.15) is 5.26 Å². The van der Waals surface area contributed by atoms with Crippen LogP contribution in [0.3, 0.4) is 0 Å². The predicted octanol–water partition coefficient (Wildman–Crippen LogP) is 3.40. The van der Waals surface area contributed by atoms with Gasteiger partial charge in [0, 0.05) is 18.2 Å². The Labute approximate surface area is 185 Å². The van der Waals surface area contributed by atoms with Crippen LogP contribution in [0.25, 0.3) is 0 Å². The second-order valence-electron chi connectivity index (χ2n) is 7.29. The summed E-state index contributed by atoms with van der Waals surface area (Å²) in [7, 11) is 0.